The first-order valence-corrected chi connectivity index (χ1v) is 19.2. The molecule has 3 aromatic carbocycles. The van der Waals surface area contributed by atoms with Gasteiger partial charge in [-0.25, -0.2) is 17.6 Å². The first-order valence-electron chi connectivity index (χ1n) is 17.7. The van der Waals surface area contributed by atoms with E-state index in [1.165, 1.54) is 16.4 Å². The smallest absolute Gasteiger partial charge is 0.327 e. The number of hydrogen-bond donors (Lipinski definition) is 5. The fourth-order valence-electron chi connectivity index (χ4n) is 6.97. The van der Waals surface area contributed by atoms with Gasteiger partial charge in [0, 0.05) is 36.6 Å². The van der Waals surface area contributed by atoms with E-state index in [4.69, 9.17) is 11.5 Å². The molecular formula is C38H49FN8O3S. The Hall–Kier alpha value is -4.11. The zero-order valence-corrected chi connectivity index (χ0v) is 30.0. The zero-order chi connectivity index (χ0) is 36.0. The standard InChI is InChI=1S/C38H49FN8O3S/c1-27-20-29(22-32(39)21-27)25-47(34-12-16-42-17-13-34)51(49,50)35-10-6-30(7-11-35)36-23-31-26-46(38(48)44-37(31)43-36)33-8-4-28(5-9-33)24-45(18-2-14-40)19-3-15-41/h4-11,20-23,26,34,37,42-43H,2-3,12-19,24-25,40-41H2,1H3,(H,44,48). The number of piperidine rings is 1. The zero-order valence-electron chi connectivity index (χ0n) is 29.2. The molecule has 51 heavy (non-hydrogen) atoms. The van der Waals surface area contributed by atoms with Crippen molar-refractivity contribution in [3.05, 3.63) is 113 Å². The molecule has 3 aliphatic rings. The molecule has 0 aliphatic carbocycles. The predicted molar refractivity (Wildman–Crippen MR) is 199 cm³/mol. The highest BCUT2D eigenvalue weighted by Gasteiger charge is 2.34. The average Bonchev–Trinajstić information content (AvgIpc) is 3.54. The summed E-state index contributed by atoms with van der Waals surface area (Å²) in [7, 11) is -3.89. The number of anilines is 1. The maximum absolute atomic E-state index is 14.3. The van der Waals surface area contributed by atoms with Crippen LogP contribution in [0.1, 0.15) is 47.9 Å². The maximum atomic E-state index is 14.3. The van der Waals surface area contributed by atoms with Gasteiger partial charge in [0.25, 0.3) is 0 Å². The maximum Gasteiger partial charge on any atom is 0.327 e. The Labute approximate surface area is 300 Å². The van der Waals surface area contributed by atoms with Crippen LogP contribution in [0.25, 0.3) is 5.70 Å². The Morgan fingerprint density at radius 2 is 1.57 bits per heavy atom. The van der Waals surface area contributed by atoms with Crippen LogP contribution in [0.3, 0.4) is 0 Å². The monoisotopic (exact) mass is 716 g/mol. The van der Waals surface area contributed by atoms with Crippen LogP contribution in [0.2, 0.25) is 0 Å². The number of halogens is 1. The Morgan fingerprint density at radius 3 is 2.22 bits per heavy atom. The van der Waals surface area contributed by atoms with Crippen LogP contribution in [0.15, 0.2) is 89.5 Å². The molecule has 11 nitrogen and oxygen atoms in total. The van der Waals surface area contributed by atoms with Crippen molar-refractivity contribution in [2.24, 2.45) is 11.5 Å². The van der Waals surface area contributed by atoms with Gasteiger partial charge in [-0.3, -0.25) is 9.80 Å². The minimum absolute atomic E-state index is 0.0941. The Balaban J connectivity index is 1.17. The Kier molecular flexibility index (Phi) is 11.9. The van der Waals surface area contributed by atoms with Gasteiger partial charge in [-0.15, -0.1) is 0 Å². The summed E-state index contributed by atoms with van der Waals surface area (Å²) >= 11 is 0. The number of nitrogens with one attached hydrogen (secondary N) is 3. The second kappa shape index (κ2) is 16.5. The Bertz CT molecular complexity index is 1820. The minimum Gasteiger partial charge on any atom is -0.361 e. The predicted octanol–water partition coefficient (Wildman–Crippen LogP) is 3.96. The molecule has 0 aromatic heterocycles. The van der Waals surface area contributed by atoms with Gasteiger partial charge in [0.15, 0.2) is 0 Å². The summed E-state index contributed by atoms with van der Waals surface area (Å²) < 4.78 is 44.0. The first-order chi connectivity index (χ1) is 24.6. The molecule has 1 fully saturated rings. The molecule has 3 aliphatic heterocycles. The quantitative estimate of drug-likeness (QED) is 0.159. The van der Waals surface area contributed by atoms with Crippen molar-refractivity contribution >= 4 is 27.4 Å². The number of fused-ring (bicyclic) bond motifs is 1. The highest BCUT2D eigenvalue weighted by Crippen LogP contribution is 2.31. The van der Waals surface area contributed by atoms with E-state index in [2.05, 4.69) is 20.9 Å². The van der Waals surface area contributed by atoms with Gasteiger partial charge < -0.3 is 27.4 Å². The first kappa shape index (κ1) is 36.7. The third kappa shape index (κ3) is 8.86. The van der Waals surface area contributed by atoms with Crippen molar-refractivity contribution in [2.45, 2.75) is 62.8 Å². The molecule has 1 unspecified atom stereocenters. The fraction of sp³-hybridized carbons (Fsp3) is 0.395. The van der Waals surface area contributed by atoms with E-state index in [0.717, 1.165) is 79.2 Å². The van der Waals surface area contributed by atoms with E-state index in [1.807, 2.05) is 42.6 Å². The second-order valence-electron chi connectivity index (χ2n) is 13.5. The second-order valence-corrected chi connectivity index (χ2v) is 15.4. The number of hydrogen-bond acceptors (Lipinski definition) is 8. The number of carbonyl (C=O) groups excluding carboxylic acids is 1. The van der Waals surface area contributed by atoms with Gasteiger partial charge in [0.05, 0.1) is 10.6 Å². The van der Waals surface area contributed by atoms with Crippen molar-refractivity contribution in [1.29, 1.82) is 0 Å². The number of benzene rings is 3. The number of rotatable bonds is 15. The van der Waals surface area contributed by atoms with Crippen molar-refractivity contribution in [2.75, 3.05) is 44.2 Å². The summed E-state index contributed by atoms with van der Waals surface area (Å²) in [5.74, 6) is -0.377. The molecule has 13 heteroatoms. The summed E-state index contributed by atoms with van der Waals surface area (Å²) in [6.07, 6.45) is 6.59. The molecule has 0 spiro atoms. The van der Waals surface area contributed by atoms with Gasteiger partial charge >= 0.3 is 6.03 Å². The molecule has 3 heterocycles. The van der Waals surface area contributed by atoms with Gasteiger partial charge in [-0.2, -0.15) is 4.31 Å². The number of sulfonamides is 1. The van der Waals surface area contributed by atoms with E-state index < -0.39 is 16.2 Å². The molecule has 6 rings (SSSR count). The molecular weight excluding hydrogens is 668 g/mol. The molecule has 2 amide bonds. The number of carbonyl (C=O) groups is 1. The van der Waals surface area contributed by atoms with Crippen LogP contribution in [0.4, 0.5) is 14.9 Å². The number of amides is 2. The molecule has 272 valence electrons. The highest BCUT2D eigenvalue weighted by molar-refractivity contribution is 7.89. The largest absolute Gasteiger partial charge is 0.361 e. The summed E-state index contributed by atoms with van der Waals surface area (Å²) in [5.41, 5.74) is 17.2. The molecule has 0 bridgehead atoms. The van der Waals surface area contributed by atoms with E-state index in [0.29, 0.717) is 31.5 Å². The van der Waals surface area contributed by atoms with Gasteiger partial charge in [0.2, 0.25) is 10.0 Å². The third-order valence-electron chi connectivity index (χ3n) is 9.61. The number of aryl methyl sites for hydroxylation is 1. The van der Waals surface area contributed by atoms with Crippen molar-refractivity contribution in [3.63, 3.8) is 0 Å². The van der Waals surface area contributed by atoms with E-state index in [-0.39, 0.29) is 29.3 Å². The fourth-order valence-corrected chi connectivity index (χ4v) is 8.64. The molecule has 0 radical (unpaired) electrons. The van der Waals surface area contributed by atoms with E-state index in [9.17, 15) is 17.6 Å². The SMILES string of the molecule is Cc1cc(F)cc(CN(C2CCNCC2)S(=O)(=O)c2ccc(C3=CC4=CN(c5ccc(CN(CCCN)CCCN)cc5)C(=O)NC4N3)cc2)c1. The van der Waals surface area contributed by atoms with E-state index in [1.54, 1.807) is 36.1 Å². The van der Waals surface area contributed by atoms with E-state index >= 15 is 0 Å². The van der Waals surface area contributed by atoms with Crippen LogP contribution in [0, 0.1) is 12.7 Å². The molecule has 1 saturated heterocycles. The molecule has 0 saturated carbocycles. The van der Waals surface area contributed by atoms with Crippen LogP contribution < -0.4 is 32.3 Å². The summed E-state index contributed by atoms with van der Waals surface area (Å²) in [6.45, 7) is 7.24. The van der Waals surface area contributed by atoms with Gasteiger partial charge in [-0.1, -0.05) is 30.3 Å². The van der Waals surface area contributed by atoms with Gasteiger partial charge in [0.1, 0.15) is 12.0 Å². The lowest BCUT2D eigenvalue weighted by molar-refractivity contribution is 0.244. The van der Waals surface area contributed by atoms with Crippen molar-refractivity contribution in [3.8, 4) is 0 Å². The van der Waals surface area contributed by atoms with Gasteiger partial charge in [-0.05, 0) is 137 Å². The van der Waals surface area contributed by atoms with Crippen LogP contribution in [-0.2, 0) is 23.1 Å². The number of nitrogens with zero attached hydrogens (tertiary/aromatic N) is 3. The van der Waals surface area contributed by atoms with Crippen molar-refractivity contribution in [1.82, 2.24) is 25.2 Å². The normalized spacial score (nSPS) is 18.0. The Morgan fingerprint density at radius 1 is 0.882 bits per heavy atom. The topological polar surface area (TPSA) is 149 Å². The molecule has 7 N–H and O–H groups in total. The average molecular weight is 717 g/mol. The van der Waals surface area contributed by atoms with Crippen LogP contribution in [0.5, 0.6) is 0 Å². The lowest BCUT2D eigenvalue weighted by Crippen LogP contribution is -2.51. The van der Waals surface area contributed by atoms with Crippen LogP contribution in [-0.4, -0.2) is 75.1 Å². The lowest BCUT2D eigenvalue weighted by Gasteiger charge is -2.34. The summed E-state index contributed by atoms with van der Waals surface area (Å²) in [4.78, 5) is 17.3. The summed E-state index contributed by atoms with van der Waals surface area (Å²) in [6, 6.07) is 19.0. The molecule has 3 aromatic rings. The minimum atomic E-state index is -3.89. The summed E-state index contributed by atoms with van der Waals surface area (Å²) in [5, 5.41) is 9.69. The molecule has 1 atom stereocenters. The lowest BCUT2D eigenvalue weighted by atomic mass is 10.1. The number of urea groups is 1. The highest BCUT2D eigenvalue weighted by atomic mass is 32.2. The van der Waals surface area contributed by atoms with Crippen LogP contribution >= 0.6 is 0 Å². The number of nitrogens with two attached hydrogens (primary N) is 2. The van der Waals surface area contributed by atoms with Crippen molar-refractivity contribution < 1.29 is 17.6 Å². The third-order valence-corrected chi connectivity index (χ3v) is 11.5.